The number of hydrogen-bond donors (Lipinski definition) is 3. The van der Waals surface area contributed by atoms with Crippen LogP contribution in [0.4, 0.5) is 13.2 Å². The van der Waals surface area contributed by atoms with E-state index in [1.165, 1.54) is 12.1 Å². The average Bonchev–Trinajstić information content (AvgIpc) is 2.34. The average molecular weight is 299 g/mol. The molecule has 0 radical (unpaired) electrons. The minimum atomic E-state index is -4.47. The number of aliphatic hydroxyl groups excluding tert-OH is 1. The van der Waals surface area contributed by atoms with Crippen LogP contribution >= 0.6 is 12.4 Å². The third-order valence-electron chi connectivity index (χ3n) is 2.27. The second-order valence-electron chi connectivity index (χ2n) is 3.62. The summed E-state index contributed by atoms with van der Waals surface area (Å²) in [5.41, 5.74) is 4.74. The number of halogens is 4. The molecule has 108 valence electrons. The number of carbonyl (C=O) groups is 1. The molecule has 0 heterocycles. The zero-order valence-corrected chi connectivity index (χ0v) is 10.6. The molecular weight excluding hydrogens is 285 g/mol. The lowest BCUT2D eigenvalue weighted by Crippen LogP contribution is -2.35. The smallest absolute Gasteiger partial charge is 0.395 e. The lowest BCUT2D eigenvalue weighted by Gasteiger charge is -2.14. The van der Waals surface area contributed by atoms with Gasteiger partial charge in [0.15, 0.2) is 0 Å². The minimum absolute atomic E-state index is 0. The molecule has 0 aliphatic rings. The van der Waals surface area contributed by atoms with Gasteiger partial charge in [0, 0.05) is 6.54 Å². The van der Waals surface area contributed by atoms with Crippen molar-refractivity contribution >= 4 is 18.3 Å². The van der Waals surface area contributed by atoms with Gasteiger partial charge in [0.25, 0.3) is 0 Å². The molecule has 1 rings (SSSR count). The second-order valence-corrected chi connectivity index (χ2v) is 3.62. The molecule has 0 aliphatic carbocycles. The predicted molar refractivity (Wildman–Crippen MR) is 65.7 cm³/mol. The van der Waals surface area contributed by atoms with Crippen LogP contribution in [0, 0.1) is 0 Å². The lowest BCUT2D eigenvalue weighted by molar-refractivity contribution is -0.137. The number of nitrogens with one attached hydrogen (secondary N) is 1. The van der Waals surface area contributed by atoms with Gasteiger partial charge >= 0.3 is 6.18 Å². The highest BCUT2D eigenvalue weighted by atomic mass is 35.5. The Labute approximate surface area is 114 Å². The van der Waals surface area contributed by atoms with Crippen molar-refractivity contribution in [2.75, 3.05) is 13.2 Å². The van der Waals surface area contributed by atoms with Crippen molar-refractivity contribution in [1.29, 1.82) is 0 Å². The Kier molecular flexibility index (Phi) is 6.82. The molecular formula is C11H14ClF3N2O2. The van der Waals surface area contributed by atoms with E-state index >= 15 is 0 Å². The zero-order valence-electron chi connectivity index (χ0n) is 9.78. The monoisotopic (exact) mass is 298 g/mol. The Morgan fingerprint density at radius 2 is 2.05 bits per heavy atom. The van der Waals surface area contributed by atoms with Crippen molar-refractivity contribution in [3.8, 4) is 0 Å². The lowest BCUT2D eigenvalue weighted by atomic mass is 10.0. The third kappa shape index (κ3) is 5.06. The molecule has 1 aromatic carbocycles. The van der Waals surface area contributed by atoms with Crippen molar-refractivity contribution < 1.29 is 23.1 Å². The highest BCUT2D eigenvalue weighted by Gasteiger charge is 2.31. The number of carbonyl (C=O) groups excluding carboxylic acids is 1. The summed E-state index contributed by atoms with van der Waals surface area (Å²) in [6.07, 6.45) is -4.47. The van der Waals surface area contributed by atoms with E-state index in [-0.39, 0.29) is 31.1 Å². The van der Waals surface area contributed by atoms with Crippen molar-refractivity contribution in [2.45, 2.75) is 12.2 Å². The molecule has 4 nitrogen and oxygen atoms in total. The van der Waals surface area contributed by atoms with Gasteiger partial charge in [-0.2, -0.15) is 13.2 Å². The van der Waals surface area contributed by atoms with Gasteiger partial charge in [-0.15, -0.1) is 12.4 Å². The van der Waals surface area contributed by atoms with Crippen LogP contribution in [0.3, 0.4) is 0 Å². The number of aliphatic hydroxyl groups is 1. The molecule has 1 atom stereocenters. The van der Waals surface area contributed by atoms with Crippen LogP contribution in [0.5, 0.6) is 0 Å². The van der Waals surface area contributed by atoms with E-state index < -0.39 is 23.7 Å². The molecule has 0 aromatic heterocycles. The fraction of sp³-hybridized carbons (Fsp3) is 0.364. The van der Waals surface area contributed by atoms with Gasteiger partial charge in [-0.3, -0.25) is 4.79 Å². The quantitative estimate of drug-likeness (QED) is 0.783. The summed E-state index contributed by atoms with van der Waals surface area (Å²) >= 11 is 0. The van der Waals surface area contributed by atoms with Gasteiger partial charge in [0.05, 0.1) is 12.2 Å². The SMILES string of the molecule is Cl.NC(C(=O)NCCO)c1cccc(C(F)(F)F)c1. The van der Waals surface area contributed by atoms with Crippen molar-refractivity contribution in [3.63, 3.8) is 0 Å². The van der Waals surface area contributed by atoms with Crippen molar-refractivity contribution in [2.24, 2.45) is 5.73 Å². The fourth-order valence-electron chi connectivity index (χ4n) is 1.35. The molecule has 1 amide bonds. The van der Waals surface area contributed by atoms with Crippen molar-refractivity contribution in [3.05, 3.63) is 35.4 Å². The van der Waals surface area contributed by atoms with Gasteiger partial charge in [-0.25, -0.2) is 0 Å². The van der Waals surface area contributed by atoms with Crippen LogP contribution in [-0.2, 0) is 11.0 Å². The summed E-state index contributed by atoms with van der Waals surface area (Å²) in [7, 11) is 0. The largest absolute Gasteiger partial charge is 0.416 e. The van der Waals surface area contributed by atoms with Crippen LogP contribution in [0.2, 0.25) is 0 Å². The summed E-state index contributed by atoms with van der Waals surface area (Å²) in [6, 6.07) is 3.08. The number of alkyl halides is 3. The molecule has 1 unspecified atom stereocenters. The van der Waals surface area contributed by atoms with E-state index in [1.807, 2.05) is 0 Å². The first-order valence-corrected chi connectivity index (χ1v) is 5.17. The van der Waals surface area contributed by atoms with E-state index in [9.17, 15) is 18.0 Å². The van der Waals surface area contributed by atoms with E-state index in [1.54, 1.807) is 0 Å². The first-order valence-electron chi connectivity index (χ1n) is 5.17. The molecule has 4 N–H and O–H groups in total. The number of nitrogens with two attached hydrogens (primary N) is 1. The summed E-state index contributed by atoms with van der Waals surface area (Å²) in [5, 5.41) is 10.8. The Hall–Kier alpha value is -1.31. The maximum absolute atomic E-state index is 12.5. The molecule has 0 bridgehead atoms. The topological polar surface area (TPSA) is 75.4 Å². The summed E-state index contributed by atoms with van der Waals surface area (Å²) in [4.78, 5) is 11.4. The van der Waals surface area contributed by atoms with Crippen LogP contribution in [-0.4, -0.2) is 24.2 Å². The van der Waals surface area contributed by atoms with Gasteiger partial charge in [0.2, 0.25) is 5.91 Å². The van der Waals surface area contributed by atoms with E-state index in [0.29, 0.717) is 0 Å². The molecule has 0 fully saturated rings. The second kappa shape index (κ2) is 7.32. The molecule has 1 aromatic rings. The van der Waals surface area contributed by atoms with Gasteiger partial charge in [0.1, 0.15) is 6.04 Å². The Morgan fingerprint density at radius 3 is 2.58 bits per heavy atom. The first-order chi connectivity index (χ1) is 8.36. The Bertz CT molecular complexity index is 427. The van der Waals surface area contributed by atoms with Crippen LogP contribution in [0.15, 0.2) is 24.3 Å². The standard InChI is InChI=1S/C11H13F3N2O2.ClH/c12-11(13,14)8-3-1-2-7(6-8)9(15)10(18)16-4-5-17;/h1-3,6,9,17H,4-5,15H2,(H,16,18);1H. The molecule has 0 spiro atoms. The van der Waals surface area contributed by atoms with Crippen LogP contribution < -0.4 is 11.1 Å². The Balaban J connectivity index is 0.00000324. The number of rotatable bonds is 4. The zero-order chi connectivity index (χ0) is 13.8. The molecule has 0 saturated heterocycles. The maximum atomic E-state index is 12.5. The van der Waals surface area contributed by atoms with Gasteiger partial charge in [-0.1, -0.05) is 12.1 Å². The predicted octanol–water partition coefficient (Wildman–Crippen LogP) is 1.24. The van der Waals surface area contributed by atoms with E-state index in [0.717, 1.165) is 12.1 Å². The van der Waals surface area contributed by atoms with E-state index in [2.05, 4.69) is 5.32 Å². The summed E-state index contributed by atoms with van der Waals surface area (Å²) in [6.45, 7) is -0.257. The highest BCUT2D eigenvalue weighted by molar-refractivity contribution is 5.85. The van der Waals surface area contributed by atoms with Crippen LogP contribution in [0.1, 0.15) is 17.2 Å². The number of benzene rings is 1. The number of amides is 1. The van der Waals surface area contributed by atoms with Gasteiger partial charge < -0.3 is 16.2 Å². The normalized spacial score (nSPS) is 12.5. The first kappa shape index (κ1) is 17.7. The minimum Gasteiger partial charge on any atom is -0.395 e. The summed E-state index contributed by atoms with van der Waals surface area (Å²) < 4.78 is 37.4. The summed E-state index contributed by atoms with van der Waals surface area (Å²) in [5.74, 6) is -0.636. The fourth-order valence-corrected chi connectivity index (χ4v) is 1.35. The van der Waals surface area contributed by atoms with Crippen LogP contribution in [0.25, 0.3) is 0 Å². The van der Waals surface area contributed by atoms with Crippen molar-refractivity contribution in [1.82, 2.24) is 5.32 Å². The van der Waals surface area contributed by atoms with Gasteiger partial charge in [-0.05, 0) is 17.7 Å². The highest BCUT2D eigenvalue weighted by Crippen LogP contribution is 2.30. The third-order valence-corrected chi connectivity index (χ3v) is 2.27. The molecule has 19 heavy (non-hydrogen) atoms. The maximum Gasteiger partial charge on any atom is 0.416 e. The molecule has 0 saturated carbocycles. The van der Waals surface area contributed by atoms with E-state index in [4.69, 9.17) is 10.8 Å². The Morgan fingerprint density at radius 1 is 1.42 bits per heavy atom. The molecule has 0 aliphatic heterocycles. The number of hydrogen-bond acceptors (Lipinski definition) is 3. The molecule has 8 heteroatoms.